The van der Waals surface area contributed by atoms with Crippen LogP contribution in [0.2, 0.25) is 0 Å². The molecule has 0 amide bonds. The molecule has 0 atom stereocenters. The quantitative estimate of drug-likeness (QED) is 0.284. The Labute approximate surface area is 178 Å². The monoisotopic (exact) mass is 394 g/mol. The number of benzene rings is 3. The maximum absolute atomic E-state index is 12.8. The molecule has 4 rings (SSSR count). The highest BCUT2D eigenvalue weighted by Gasteiger charge is 2.39. The molecule has 0 aliphatic rings. The lowest BCUT2D eigenvalue weighted by molar-refractivity contribution is 0.0981. The van der Waals surface area contributed by atoms with Crippen molar-refractivity contribution in [1.29, 1.82) is 0 Å². The minimum absolute atomic E-state index is 0.143. The molecule has 0 unspecified atom stereocenters. The number of hydrogen-bond acceptors (Lipinski definition) is 2. The van der Waals surface area contributed by atoms with E-state index in [1.54, 1.807) is 0 Å². The van der Waals surface area contributed by atoms with E-state index in [4.69, 9.17) is 5.10 Å². The molecule has 0 saturated carbocycles. The molecule has 0 radical (unpaired) electrons. The lowest BCUT2D eigenvalue weighted by Crippen LogP contribution is -2.38. The number of carbonyl (C=O) groups is 1. The Morgan fingerprint density at radius 2 is 1.23 bits per heavy atom. The Balaban J connectivity index is 2.06. The van der Waals surface area contributed by atoms with Gasteiger partial charge in [0, 0.05) is 12.6 Å². The third kappa shape index (κ3) is 3.37. The normalized spacial score (nSPS) is 11.4. The van der Waals surface area contributed by atoms with Crippen LogP contribution in [0.1, 0.15) is 52.5 Å². The fourth-order valence-corrected chi connectivity index (χ4v) is 4.20. The van der Waals surface area contributed by atoms with Gasteiger partial charge in [-0.25, -0.2) is 0 Å². The number of aryl methyl sites for hydroxylation is 1. The Morgan fingerprint density at radius 1 is 0.800 bits per heavy atom. The molecule has 1 aromatic heterocycles. The Hall–Kier alpha value is -3.46. The first-order valence-electron chi connectivity index (χ1n) is 10.4. The predicted molar refractivity (Wildman–Crippen MR) is 121 cm³/mol. The maximum Gasteiger partial charge on any atom is 0.166 e. The predicted octanol–water partition coefficient (Wildman–Crippen LogP) is 6.01. The number of Topliss-reactive ketones (excluding diaryl/α,β-unsaturated/α-hetero) is 1. The molecule has 1 heterocycles. The van der Waals surface area contributed by atoms with Crippen LogP contribution in [0, 0.1) is 6.92 Å². The van der Waals surface area contributed by atoms with Gasteiger partial charge < -0.3 is 0 Å². The molecule has 0 bridgehead atoms. The van der Waals surface area contributed by atoms with Crippen molar-refractivity contribution in [1.82, 2.24) is 9.78 Å². The first-order chi connectivity index (χ1) is 14.7. The SMILES string of the molecule is CCCC(=O)c1cn(C(c2ccccc2)(c2ccccc2)c2ccccc2)nc1C. The molecular weight excluding hydrogens is 368 g/mol. The smallest absolute Gasteiger partial charge is 0.166 e. The summed E-state index contributed by atoms with van der Waals surface area (Å²) in [5.41, 5.74) is 4.07. The van der Waals surface area contributed by atoms with Gasteiger partial charge in [-0.15, -0.1) is 0 Å². The van der Waals surface area contributed by atoms with Crippen molar-refractivity contribution < 1.29 is 4.79 Å². The summed E-state index contributed by atoms with van der Waals surface area (Å²) < 4.78 is 1.98. The van der Waals surface area contributed by atoms with E-state index in [2.05, 4.69) is 72.8 Å². The van der Waals surface area contributed by atoms with Gasteiger partial charge in [0.05, 0.1) is 11.3 Å². The number of rotatable bonds is 7. The summed E-state index contributed by atoms with van der Waals surface area (Å²) in [6, 6.07) is 31.2. The second kappa shape index (κ2) is 8.50. The first-order valence-corrected chi connectivity index (χ1v) is 10.4. The highest BCUT2D eigenvalue weighted by Crippen LogP contribution is 2.40. The van der Waals surface area contributed by atoms with Gasteiger partial charge in [-0.05, 0) is 30.0 Å². The van der Waals surface area contributed by atoms with Gasteiger partial charge in [0.15, 0.2) is 5.78 Å². The summed E-state index contributed by atoms with van der Waals surface area (Å²) in [6.07, 6.45) is 3.28. The van der Waals surface area contributed by atoms with Crippen LogP contribution in [0.4, 0.5) is 0 Å². The lowest BCUT2D eigenvalue weighted by atomic mass is 9.77. The minimum Gasteiger partial charge on any atom is -0.294 e. The molecule has 0 aliphatic carbocycles. The second-order valence-corrected chi connectivity index (χ2v) is 7.55. The fourth-order valence-electron chi connectivity index (χ4n) is 4.20. The molecular formula is C27H26N2O. The summed E-state index contributed by atoms with van der Waals surface area (Å²) in [5, 5.41) is 4.91. The van der Waals surface area contributed by atoms with Crippen LogP contribution in [-0.4, -0.2) is 15.6 Å². The minimum atomic E-state index is -0.681. The average molecular weight is 395 g/mol. The van der Waals surface area contributed by atoms with E-state index in [1.165, 1.54) is 0 Å². The van der Waals surface area contributed by atoms with Crippen molar-refractivity contribution in [2.24, 2.45) is 0 Å². The number of nitrogens with zero attached hydrogens (tertiary/aromatic N) is 2. The average Bonchev–Trinajstić information content (AvgIpc) is 3.18. The number of ketones is 1. The summed E-state index contributed by atoms with van der Waals surface area (Å²) in [7, 11) is 0. The van der Waals surface area contributed by atoms with E-state index in [1.807, 2.05) is 42.9 Å². The van der Waals surface area contributed by atoms with E-state index < -0.39 is 5.54 Å². The lowest BCUT2D eigenvalue weighted by Gasteiger charge is -2.36. The molecule has 3 heteroatoms. The van der Waals surface area contributed by atoms with Crippen molar-refractivity contribution >= 4 is 5.78 Å². The van der Waals surface area contributed by atoms with Crippen LogP contribution < -0.4 is 0 Å². The molecule has 3 nitrogen and oxygen atoms in total. The van der Waals surface area contributed by atoms with Gasteiger partial charge in [0.25, 0.3) is 0 Å². The van der Waals surface area contributed by atoms with Gasteiger partial charge in [0.1, 0.15) is 5.54 Å². The first kappa shape index (κ1) is 19.8. The molecule has 150 valence electrons. The van der Waals surface area contributed by atoms with Crippen LogP contribution in [0.3, 0.4) is 0 Å². The topological polar surface area (TPSA) is 34.9 Å². The third-order valence-electron chi connectivity index (χ3n) is 5.59. The van der Waals surface area contributed by atoms with E-state index in [9.17, 15) is 4.79 Å². The molecule has 0 N–H and O–H groups in total. The van der Waals surface area contributed by atoms with E-state index in [-0.39, 0.29) is 5.78 Å². The maximum atomic E-state index is 12.8. The van der Waals surface area contributed by atoms with Crippen LogP contribution in [0.5, 0.6) is 0 Å². The standard InChI is InChI=1S/C27H26N2O/c1-3-13-26(30)25-20-29(28-21(25)2)27(22-14-7-4-8-15-22,23-16-9-5-10-17-23)24-18-11-6-12-19-24/h4-12,14-20H,3,13H2,1-2H3. The van der Waals surface area contributed by atoms with Crippen molar-refractivity contribution in [3.05, 3.63) is 125 Å². The third-order valence-corrected chi connectivity index (χ3v) is 5.59. The number of carbonyl (C=O) groups excluding carboxylic acids is 1. The summed E-state index contributed by atoms with van der Waals surface area (Å²) in [4.78, 5) is 12.8. The summed E-state index contributed by atoms with van der Waals surface area (Å²) in [5.74, 6) is 0.143. The molecule has 0 aliphatic heterocycles. The molecule has 30 heavy (non-hydrogen) atoms. The highest BCUT2D eigenvalue weighted by molar-refractivity contribution is 5.96. The number of aromatic nitrogens is 2. The Morgan fingerprint density at radius 3 is 1.63 bits per heavy atom. The van der Waals surface area contributed by atoms with Gasteiger partial charge in [-0.2, -0.15) is 5.10 Å². The van der Waals surface area contributed by atoms with Crippen LogP contribution in [0.25, 0.3) is 0 Å². The van der Waals surface area contributed by atoms with Crippen LogP contribution >= 0.6 is 0 Å². The molecule has 0 spiro atoms. The van der Waals surface area contributed by atoms with Gasteiger partial charge in [0.2, 0.25) is 0 Å². The molecule has 4 aromatic rings. The zero-order chi connectivity index (χ0) is 21.0. The van der Waals surface area contributed by atoms with Crippen molar-refractivity contribution in [3.63, 3.8) is 0 Å². The Bertz CT molecular complexity index is 1020. The van der Waals surface area contributed by atoms with Gasteiger partial charge >= 0.3 is 0 Å². The van der Waals surface area contributed by atoms with E-state index in [0.717, 1.165) is 28.8 Å². The highest BCUT2D eigenvalue weighted by atomic mass is 16.1. The van der Waals surface area contributed by atoms with Crippen LogP contribution in [0.15, 0.2) is 97.2 Å². The van der Waals surface area contributed by atoms with Crippen LogP contribution in [-0.2, 0) is 5.54 Å². The van der Waals surface area contributed by atoms with Gasteiger partial charge in [-0.1, -0.05) is 97.9 Å². The van der Waals surface area contributed by atoms with E-state index >= 15 is 0 Å². The zero-order valence-electron chi connectivity index (χ0n) is 17.5. The summed E-state index contributed by atoms with van der Waals surface area (Å²) >= 11 is 0. The zero-order valence-corrected chi connectivity index (χ0v) is 17.5. The second-order valence-electron chi connectivity index (χ2n) is 7.55. The number of hydrogen-bond donors (Lipinski definition) is 0. The Kier molecular flexibility index (Phi) is 5.62. The fraction of sp³-hybridized carbons (Fsp3) is 0.185. The van der Waals surface area contributed by atoms with Crippen molar-refractivity contribution in [2.45, 2.75) is 32.2 Å². The largest absolute Gasteiger partial charge is 0.294 e. The molecule has 3 aromatic carbocycles. The van der Waals surface area contributed by atoms with Crippen molar-refractivity contribution in [3.8, 4) is 0 Å². The molecule has 0 saturated heterocycles. The molecule has 0 fully saturated rings. The van der Waals surface area contributed by atoms with Gasteiger partial charge in [-0.3, -0.25) is 9.48 Å². The summed E-state index contributed by atoms with van der Waals surface area (Å²) in [6.45, 7) is 3.95. The van der Waals surface area contributed by atoms with E-state index in [0.29, 0.717) is 12.0 Å². The van der Waals surface area contributed by atoms with Crippen molar-refractivity contribution in [2.75, 3.05) is 0 Å².